The topological polar surface area (TPSA) is 79.9 Å². The molecular formula is C14H10Cl2N4O2. The minimum atomic E-state index is -0.478. The summed E-state index contributed by atoms with van der Waals surface area (Å²) in [6.07, 6.45) is 1.59. The number of halogens is 2. The maximum atomic E-state index is 12.3. The number of methoxy groups -OCH3 is 1. The first kappa shape index (κ1) is 14.6. The van der Waals surface area contributed by atoms with Gasteiger partial charge in [0, 0.05) is 11.5 Å². The largest absolute Gasteiger partial charge is 0.481 e. The SMILES string of the molecule is COc1ccc(Cl)c(C(=O)Nc2ccc3[nH]ncc3c2Cl)n1. The number of nitrogens with one attached hydrogen (secondary N) is 2. The van der Waals surface area contributed by atoms with Crippen molar-refractivity contribution in [2.24, 2.45) is 0 Å². The summed E-state index contributed by atoms with van der Waals surface area (Å²) in [4.78, 5) is 16.4. The number of benzene rings is 1. The van der Waals surface area contributed by atoms with Gasteiger partial charge in [-0.15, -0.1) is 0 Å². The van der Waals surface area contributed by atoms with E-state index in [-0.39, 0.29) is 10.7 Å². The lowest BCUT2D eigenvalue weighted by Crippen LogP contribution is -2.15. The lowest BCUT2D eigenvalue weighted by atomic mass is 10.2. The Kier molecular flexibility index (Phi) is 3.87. The molecule has 0 aliphatic heterocycles. The standard InChI is InChI=1S/C14H10Cl2N4O2/c1-22-11-5-2-8(15)13(19-11)14(21)18-10-4-3-9-7(12(10)16)6-17-20-9/h2-6H,1H3,(H,17,20)(H,18,21). The van der Waals surface area contributed by atoms with E-state index in [1.807, 2.05) is 0 Å². The molecule has 0 radical (unpaired) electrons. The molecule has 8 heteroatoms. The molecule has 112 valence electrons. The number of nitrogens with zero attached hydrogens (tertiary/aromatic N) is 2. The Morgan fingerprint density at radius 1 is 1.27 bits per heavy atom. The van der Waals surface area contributed by atoms with Crippen LogP contribution < -0.4 is 10.1 Å². The van der Waals surface area contributed by atoms with Crippen LogP contribution >= 0.6 is 23.2 Å². The average molecular weight is 337 g/mol. The van der Waals surface area contributed by atoms with E-state index in [0.717, 1.165) is 5.52 Å². The number of fused-ring (bicyclic) bond motifs is 1. The quantitative estimate of drug-likeness (QED) is 0.766. The molecule has 2 aromatic heterocycles. The van der Waals surface area contributed by atoms with Gasteiger partial charge >= 0.3 is 0 Å². The summed E-state index contributed by atoms with van der Waals surface area (Å²) in [5.74, 6) is -0.181. The molecule has 0 aliphatic rings. The third-order valence-electron chi connectivity index (χ3n) is 3.05. The molecule has 0 aliphatic carbocycles. The number of carbonyl (C=O) groups excluding carboxylic acids is 1. The van der Waals surface area contributed by atoms with Gasteiger partial charge in [0.15, 0.2) is 5.69 Å². The van der Waals surface area contributed by atoms with Crippen molar-refractivity contribution in [1.29, 1.82) is 0 Å². The summed E-state index contributed by atoms with van der Waals surface area (Å²) in [6.45, 7) is 0. The lowest BCUT2D eigenvalue weighted by molar-refractivity contribution is 0.102. The summed E-state index contributed by atoms with van der Waals surface area (Å²) in [5, 5.41) is 10.7. The van der Waals surface area contributed by atoms with Gasteiger partial charge in [0.1, 0.15) is 0 Å². The highest BCUT2D eigenvalue weighted by Gasteiger charge is 2.16. The van der Waals surface area contributed by atoms with Gasteiger partial charge in [-0.1, -0.05) is 23.2 Å². The van der Waals surface area contributed by atoms with Crippen LogP contribution in [0.15, 0.2) is 30.5 Å². The number of pyridine rings is 1. The molecule has 0 atom stereocenters. The first-order chi connectivity index (χ1) is 10.6. The minimum absolute atomic E-state index is 0.0596. The summed E-state index contributed by atoms with van der Waals surface area (Å²) in [7, 11) is 1.46. The average Bonchev–Trinajstić information content (AvgIpc) is 3.00. The van der Waals surface area contributed by atoms with E-state index in [1.165, 1.54) is 7.11 Å². The van der Waals surface area contributed by atoms with Gasteiger partial charge in [-0.2, -0.15) is 5.10 Å². The first-order valence-corrected chi connectivity index (χ1v) is 6.99. The van der Waals surface area contributed by atoms with Gasteiger partial charge in [0.25, 0.3) is 5.91 Å². The van der Waals surface area contributed by atoms with Gasteiger partial charge in [0.05, 0.1) is 34.6 Å². The molecule has 0 unspecified atom stereocenters. The molecule has 6 nitrogen and oxygen atoms in total. The van der Waals surface area contributed by atoms with Crippen LogP contribution in [-0.2, 0) is 0 Å². The fourth-order valence-corrected chi connectivity index (χ4v) is 2.41. The van der Waals surface area contributed by atoms with Crippen LogP contribution in [0.3, 0.4) is 0 Å². The zero-order chi connectivity index (χ0) is 15.7. The number of H-pyrrole nitrogens is 1. The number of carbonyl (C=O) groups is 1. The van der Waals surface area contributed by atoms with Crippen molar-refractivity contribution in [2.45, 2.75) is 0 Å². The van der Waals surface area contributed by atoms with E-state index >= 15 is 0 Å². The maximum Gasteiger partial charge on any atom is 0.276 e. The predicted octanol–water partition coefficient (Wildman–Crippen LogP) is 3.53. The third kappa shape index (κ3) is 2.58. The Morgan fingerprint density at radius 2 is 2.09 bits per heavy atom. The van der Waals surface area contributed by atoms with Crippen LogP contribution in [0.1, 0.15) is 10.5 Å². The van der Waals surface area contributed by atoms with Crippen LogP contribution in [0, 0.1) is 0 Å². The summed E-state index contributed by atoms with van der Waals surface area (Å²) >= 11 is 12.3. The number of amides is 1. The van der Waals surface area contributed by atoms with Crippen molar-refractivity contribution in [1.82, 2.24) is 15.2 Å². The number of hydrogen-bond donors (Lipinski definition) is 2. The zero-order valence-electron chi connectivity index (χ0n) is 11.4. The highest BCUT2D eigenvalue weighted by molar-refractivity contribution is 6.39. The van der Waals surface area contributed by atoms with Crippen molar-refractivity contribution in [3.63, 3.8) is 0 Å². The van der Waals surface area contributed by atoms with Crippen LogP contribution in [0.4, 0.5) is 5.69 Å². The molecule has 22 heavy (non-hydrogen) atoms. The summed E-state index contributed by atoms with van der Waals surface area (Å²) in [5.41, 5.74) is 1.28. The molecule has 0 bridgehead atoms. The highest BCUT2D eigenvalue weighted by atomic mass is 35.5. The molecule has 0 spiro atoms. The van der Waals surface area contributed by atoms with Crippen molar-refractivity contribution >= 4 is 45.7 Å². The molecule has 0 fully saturated rings. The van der Waals surface area contributed by atoms with E-state index in [1.54, 1.807) is 30.5 Å². The fourth-order valence-electron chi connectivity index (χ4n) is 1.96. The molecular weight excluding hydrogens is 327 g/mol. The van der Waals surface area contributed by atoms with E-state index in [4.69, 9.17) is 27.9 Å². The van der Waals surface area contributed by atoms with Crippen molar-refractivity contribution in [3.05, 3.63) is 46.2 Å². The lowest BCUT2D eigenvalue weighted by Gasteiger charge is -2.09. The van der Waals surface area contributed by atoms with Gasteiger partial charge in [-0.05, 0) is 18.2 Å². The number of hydrogen-bond acceptors (Lipinski definition) is 4. The Balaban J connectivity index is 1.94. The van der Waals surface area contributed by atoms with Crippen molar-refractivity contribution < 1.29 is 9.53 Å². The molecule has 3 rings (SSSR count). The van der Waals surface area contributed by atoms with E-state index in [2.05, 4.69) is 20.5 Å². The van der Waals surface area contributed by atoms with Crippen LogP contribution in [-0.4, -0.2) is 28.2 Å². The van der Waals surface area contributed by atoms with Gasteiger partial charge < -0.3 is 10.1 Å². The number of ether oxygens (including phenoxy) is 1. The zero-order valence-corrected chi connectivity index (χ0v) is 12.9. The first-order valence-electron chi connectivity index (χ1n) is 6.23. The number of aromatic amines is 1. The van der Waals surface area contributed by atoms with Gasteiger partial charge in [-0.3, -0.25) is 9.89 Å². The maximum absolute atomic E-state index is 12.3. The normalized spacial score (nSPS) is 10.7. The third-order valence-corrected chi connectivity index (χ3v) is 3.76. The number of rotatable bonds is 3. The monoisotopic (exact) mass is 336 g/mol. The minimum Gasteiger partial charge on any atom is -0.481 e. The molecule has 2 N–H and O–H groups in total. The van der Waals surface area contributed by atoms with Gasteiger partial charge in [-0.25, -0.2) is 4.98 Å². The van der Waals surface area contributed by atoms with Crippen LogP contribution in [0.2, 0.25) is 10.0 Å². The molecule has 0 saturated heterocycles. The fraction of sp³-hybridized carbons (Fsp3) is 0.0714. The Hall–Kier alpha value is -2.31. The smallest absolute Gasteiger partial charge is 0.276 e. The second kappa shape index (κ2) is 5.82. The summed E-state index contributed by atoms with van der Waals surface area (Å²) in [6, 6.07) is 6.56. The Morgan fingerprint density at radius 3 is 2.86 bits per heavy atom. The van der Waals surface area contributed by atoms with Crippen molar-refractivity contribution in [3.8, 4) is 5.88 Å². The second-order valence-electron chi connectivity index (χ2n) is 4.40. The molecule has 1 amide bonds. The predicted molar refractivity (Wildman–Crippen MR) is 84.9 cm³/mol. The Bertz CT molecular complexity index is 863. The summed E-state index contributed by atoms with van der Waals surface area (Å²) < 4.78 is 4.99. The molecule has 1 aromatic carbocycles. The van der Waals surface area contributed by atoms with Crippen LogP contribution in [0.5, 0.6) is 5.88 Å². The molecule has 2 heterocycles. The Labute approximate surface area is 135 Å². The van der Waals surface area contributed by atoms with E-state index < -0.39 is 5.91 Å². The molecule has 3 aromatic rings. The van der Waals surface area contributed by atoms with E-state index in [0.29, 0.717) is 22.0 Å². The number of anilines is 1. The second-order valence-corrected chi connectivity index (χ2v) is 5.18. The van der Waals surface area contributed by atoms with Crippen molar-refractivity contribution in [2.75, 3.05) is 12.4 Å². The van der Waals surface area contributed by atoms with E-state index in [9.17, 15) is 4.79 Å². The van der Waals surface area contributed by atoms with Gasteiger partial charge in [0.2, 0.25) is 5.88 Å². The highest BCUT2D eigenvalue weighted by Crippen LogP contribution is 2.30. The van der Waals surface area contributed by atoms with Crippen LogP contribution in [0.25, 0.3) is 10.9 Å². The molecule has 0 saturated carbocycles. The number of aromatic nitrogens is 3.